The molecule has 0 radical (unpaired) electrons. The van der Waals surface area contributed by atoms with Crippen LogP contribution in [0.4, 0.5) is 0 Å². The summed E-state index contributed by atoms with van der Waals surface area (Å²) in [5.41, 5.74) is 7.99. The van der Waals surface area contributed by atoms with Gasteiger partial charge in [-0.25, -0.2) is 0 Å². The highest BCUT2D eigenvalue weighted by Crippen LogP contribution is 2.45. The zero-order valence-electron chi connectivity index (χ0n) is 30.5. The minimum atomic E-state index is -0.297. The maximum atomic E-state index is 13.5. The number of hydrogen-bond acceptors (Lipinski definition) is 7. The largest absolute Gasteiger partial charge is 0.488 e. The molecule has 0 saturated carbocycles. The van der Waals surface area contributed by atoms with Gasteiger partial charge in [-0.2, -0.15) is 0 Å². The minimum absolute atomic E-state index is 0.000690. The van der Waals surface area contributed by atoms with Crippen molar-refractivity contribution in [1.29, 1.82) is 0 Å². The second kappa shape index (κ2) is 17.2. The first kappa shape index (κ1) is 36.4. The number of carbonyl (C=O) groups excluding carboxylic acids is 2. The van der Waals surface area contributed by atoms with E-state index in [0.29, 0.717) is 48.9 Å². The first-order valence-corrected chi connectivity index (χ1v) is 18.2. The second-order valence-electron chi connectivity index (χ2n) is 13.5. The van der Waals surface area contributed by atoms with Gasteiger partial charge in [-0.1, -0.05) is 97.9 Å². The topological polar surface area (TPSA) is 106 Å². The van der Waals surface area contributed by atoms with Crippen LogP contribution in [-0.4, -0.2) is 48.0 Å². The van der Waals surface area contributed by atoms with Gasteiger partial charge in [0.2, 0.25) is 5.91 Å². The Morgan fingerprint density at radius 3 is 2.21 bits per heavy atom. The summed E-state index contributed by atoms with van der Waals surface area (Å²) in [6.45, 7) is 12.2. The average Bonchev–Trinajstić information content (AvgIpc) is 3.60. The van der Waals surface area contributed by atoms with E-state index >= 15 is 0 Å². The first-order chi connectivity index (χ1) is 25.3. The van der Waals surface area contributed by atoms with Crippen LogP contribution in [0.15, 0.2) is 95.5 Å². The standard InChI is InChI=1S/C43H48N4O5/c1-5-44-43(49)41-40(34-17-18-35-26-47(22-19-33(35)23-34)21-12-20-45-30(4)48)42(52-46-41)37-24-36(29(2)3)38(50-27-31-13-8-6-9-14-31)25-39(37)51-28-32-15-10-7-11-16-32/h6-11,13-18,23-25,29H,5,12,19-22,26-28H2,1-4H3,(H,44,49)(H,45,48). The zero-order valence-corrected chi connectivity index (χ0v) is 30.5. The third kappa shape index (κ3) is 8.90. The van der Waals surface area contributed by atoms with Crippen molar-refractivity contribution in [2.45, 2.75) is 66.2 Å². The van der Waals surface area contributed by atoms with E-state index in [4.69, 9.17) is 14.0 Å². The molecular formula is C43H48N4O5. The van der Waals surface area contributed by atoms with E-state index in [1.807, 2.05) is 73.7 Å². The van der Waals surface area contributed by atoms with E-state index in [1.165, 1.54) is 11.1 Å². The van der Waals surface area contributed by atoms with Gasteiger partial charge < -0.3 is 24.6 Å². The Balaban J connectivity index is 1.40. The summed E-state index contributed by atoms with van der Waals surface area (Å²) < 4.78 is 19.2. The van der Waals surface area contributed by atoms with E-state index in [-0.39, 0.29) is 23.4 Å². The van der Waals surface area contributed by atoms with Crippen LogP contribution in [0, 0.1) is 0 Å². The lowest BCUT2D eigenvalue weighted by molar-refractivity contribution is -0.118. The molecule has 0 saturated heterocycles. The minimum Gasteiger partial charge on any atom is -0.488 e. The predicted octanol–water partition coefficient (Wildman–Crippen LogP) is 7.92. The van der Waals surface area contributed by atoms with Crippen molar-refractivity contribution in [3.05, 3.63) is 125 Å². The van der Waals surface area contributed by atoms with Crippen molar-refractivity contribution in [2.75, 3.05) is 26.2 Å². The molecule has 1 aliphatic rings. The van der Waals surface area contributed by atoms with Gasteiger partial charge in [-0.15, -0.1) is 0 Å². The normalized spacial score (nSPS) is 12.7. The second-order valence-corrected chi connectivity index (χ2v) is 13.5. The summed E-state index contributed by atoms with van der Waals surface area (Å²) in [6, 6.07) is 30.5. The molecular weight excluding hydrogens is 652 g/mol. The highest BCUT2D eigenvalue weighted by atomic mass is 16.5. The van der Waals surface area contributed by atoms with E-state index < -0.39 is 0 Å². The Labute approximate surface area is 306 Å². The summed E-state index contributed by atoms with van der Waals surface area (Å²) in [6.07, 6.45) is 1.77. The fraction of sp³-hybridized carbons (Fsp3) is 0.326. The Morgan fingerprint density at radius 1 is 0.865 bits per heavy atom. The molecule has 0 bridgehead atoms. The Hall–Kier alpha value is -5.41. The van der Waals surface area contributed by atoms with Crippen LogP contribution in [0.2, 0.25) is 0 Å². The summed E-state index contributed by atoms with van der Waals surface area (Å²) in [5, 5.41) is 10.2. The molecule has 2 heterocycles. The smallest absolute Gasteiger partial charge is 0.274 e. The highest BCUT2D eigenvalue weighted by molar-refractivity contribution is 6.02. The van der Waals surface area contributed by atoms with Crippen molar-refractivity contribution < 1.29 is 23.6 Å². The van der Waals surface area contributed by atoms with Gasteiger partial charge in [-0.3, -0.25) is 14.5 Å². The number of aromatic nitrogens is 1. The van der Waals surface area contributed by atoms with Crippen molar-refractivity contribution in [1.82, 2.24) is 20.7 Å². The fourth-order valence-corrected chi connectivity index (χ4v) is 6.59. The molecule has 52 heavy (non-hydrogen) atoms. The number of benzene rings is 4. The number of hydrogen-bond donors (Lipinski definition) is 2. The lowest BCUT2D eigenvalue weighted by atomic mass is 9.91. The Kier molecular flexibility index (Phi) is 12.0. The lowest BCUT2D eigenvalue weighted by Crippen LogP contribution is -2.33. The van der Waals surface area contributed by atoms with Gasteiger partial charge in [-0.05, 0) is 65.1 Å². The van der Waals surface area contributed by atoms with E-state index in [0.717, 1.165) is 60.5 Å². The van der Waals surface area contributed by atoms with Crippen LogP contribution in [-0.2, 0) is 31.0 Å². The summed E-state index contributed by atoms with van der Waals surface area (Å²) >= 11 is 0. The van der Waals surface area contributed by atoms with Crippen LogP contribution in [0.25, 0.3) is 22.5 Å². The average molecular weight is 701 g/mol. The number of carbonyl (C=O) groups is 2. The number of fused-ring (bicyclic) bond motifs is 1. The maximum absolute atomic E-state index is 13.5. The fourth-order valence-electron chi connectivity index (χ4n) is 6.59. The molecule has 1 aromatic heterocycles. The lowest BCUT2D eigenvalue weighted by Gasteiger charge is -2.29. The molecule has 2 N–H and O–H groups in total. The molecule has 5 aromatic rings. The number of ether oxygens (including phenoxy) is 2. The molecule has 9 nitrogen and oxygen atoms in total. The van der Waals surface area contributed by atoms with Gasteiger partial charge in [0, 0.05) is 45.7 Å². The zero-order chi connectivity index (χ0) is 36.5. The van der Waals surface area contributed by atoms with Gasteiger partial charge in [0.05, 0.1) is 11.1 Å². The van der Waals surface area contributed by atoms with Crippen molar-refractivity contribution in [2.24, 2.45) is 0 Å². The maximum Gasteiger partial charge on any atom is 0.274 e. The molecule has 0 aliphatic carbocycles. The van der Waals surface area contributed by atoms with Crippen LogP contribution >= 0.6 is 0 Å². The number of nitrogens with one attached hydrogen (secondary N) is 2. The van der Waals surface area contributed by atoms with Crippen molar-refractivity contribution in [3.63, 3.8) is 0 Å². The molecule has 4 aromatic carbocycles. The molecule has 0 unspecified atom stereocenters. The number of rotatable bonds is 15. The Bertz CT molecular complexity index is 1970. The molecule has 9 heteroatoms. The first-order valence-electron chi connectivity index (χ1n) is 18.2. The van der Waals surface area contributed by atoms with Crippen molar-refractivity contribution >= 4 is 11.8 Å². The number of nitrogens with zero attached hydrogens (tertiary/aromatic N) is 2. The van der Waals surface area contributed by atoms with Gasteiger partial charge in [0.25, 0.3) is 5.91 Å². The van der Waals surface area contributed by atoms with E-state index in [1.54, 1.807) is 6.92 Å². The van der Waals surface area contributed by atoms with Gasteiger partial charge in [0.15, 0.2) is 11.5 Å². The molecule has 0 atom stereocenters. The monoisotopic (exact) mass is 700 g/mol. The summed E-state index contributed by atoms with van der Waals surface area (Å²) in [5.74, 6) is 1.59. The molecule has 6 rings (SSSR count). The quantitative estimate of drug-likeness (QED) is 0.107. The summed E-state index contributed by atoms with van der Waals surface area (Å²) in [4.78, 5) is 27.2. The predicted molar refractivity (Wildman–Crippen MR) is 203 cm³/mol. The van der Waals surface area contributed by atoms with Crippen LogP contribution in [0.5, 0.6) is 11.5 Å². The van der Waals surface area contributed by atoms with E-state index in [2.05, 4.69) is 58.8 Å². The van der Waals surface area contributed by atoms with Gasteiger partial charge >= 0.3 is 0 Å². The SMILES string of the molecule is CCNC(=O)c1noc(-c2cc(C(C)C)c(OCc3ccccc3)cc2OCc2ccccc2)c1-c1ccc2c(c1)CCN(CCCNC(C)=O)C2. The van der Waals surface area contributed by atoms with Crippen LogP contribution in [0.1, 0.15) is 78.3 Å². The number of amides is 2. The van der Waals surface area contributed by atoms with Crippen molar-refractivity contribution in [3.8, 4) is 33.9 Å². The van der Waals surface area contributed by atoms with E-state index in [9.17, 15) is 9.59 Å². The third-order valence-corrected chi connectivity index (χ3v) is 9.31. The highest BCUT2D eigenvalue weighted by Gasteiger charge is 2.29. The van der Waals surface area contributed by atoms with Crippen LogP contribution < -0.4 is 20.1 Å². The molecule has 270 valence electrons. The molecule has 1 aliphatic heterocycles. The molecule has 0 spiro atoms. The summed E-state index contributed by atoms with van der Waals surface area (Å²) in [7, 11) is 0. The van der Waals surface area contributed by atoms with Crippen LogP contribution in [0.3, 0.4) is 0 Å². The molecule has 2 amide bonds. The van der Waals surface area contributed by atoms with Gasteiger partial charge in [0.1, 0.15) is 24.7 Å². The third-order valence-electron chi connectivity index (χ3n) is 9.31. The molecule has 0 fully saturated rings. The Morgan fingerprint density at radius 2 is 1.56 bits per heavy atom.